The summed E-state index contributed by atoms with van der Waals surface area (Å²) in [5, 5.41) is 9.38. The second-order valence-electron chi connectivity index (χ2n) is 13.2. The van der Waals surface area contributed by atoms with Crippen molar-refractivity contribution in [3.8, 4) is 11.6 Å². The molecule has 0 saturated heterocycles. The molecule has 0 amide bonds. The van der Waals surface area contributed by atoms with E-state index < -0.39 is 0 Å². The Morgan fingerprint density at radius 3 is 1.45 bits per heavy atom. The summed E-state index contributed by atoms with van der Waals surface area (Å²) in [5.74, 6) is 1.75. The van der Waals surface area contributed by atoms with Gasteiger partial charge in [0.1, 0.15) is 0 Å². The summed E-state index contributed by atoms with van der Waals surface area (Å²) in [7, 11) is 0. The first-order valence-electron chi connectivity index (χ1n) is 14.8. The van der Waals surface area contributed by atoms with E-state index in [9.17, 15) is 0 Å². The van der Waals surface area contributed by atoms with Gasteiger partial charge in [0.05, 0.1) is 11.4 Å². The Labute approximate surface area is 253 Å². The van der Waals surface area contributed by atoms with Gasteiger partial charge in [0, 0.05) is 50.3 Å². The summed E-state index contributed by atoms with van der Waals surface area (Å²) in [6.07, 6.45) is 16.4. The van der Waals surface area contributed by atoms with E-state index in [1.807, 2.05) is 21.8 Å². The zero-order chi connectivity index (χ0) is 27.1. The fourth-order valence-electron chi connectivity index (χ4n) is 6.94. The van der Waals surface area contributed by atoms with E-state index in [2.05, 4.69) is 86.4 Å². The van der Waals surface area contributed by atoms with E-state index >= 15 is 0 Å². The van der Waals surface area contributed by atoms with Crippen LogP contribution in [0.25, 0.3) is 11.6 Å². The molecule has 7 heteroatoms. The van der Waals surface area contributed by atoms with Crippen molar-refractivity contribution in [2.75, 3.05) is 0 Å². The van der Waals surface area contributed by atoms with E-state index in [1.165, 1.54) is 62.8 Å². The van der Waals surface area contributed by atoms with E-state index in [0.717, 1.165) is 35.9 Å². The van der Waals surface area contributed by atoms with Crippen molar-refractivity contribution in [3.05, 3.63) is 83.7 Å². The van der Waals surface area contributed by atoms with Crippen molar-refractivity contribution in [1.29, 1.82) is 0 Å². The van der Waals surface area contributed by atoms with Crippen molar-refractivity contribution in [2.45, 2.75) is 97.3 Å². The smallest absolute Gasteiger partial charge is 0.153 e. The number of nitrogens with zero attached hydrogens (tertiary/aromatic N) is 6. The fourth-order valence-corrected chi connectivity index (χ4v) is 6.94. The van der Waals surface area contributed by atoms with Gasteiger partial charge in [0.25, 0.3) is 0 Å². The average molecular weight is 718 g/mol. The van der Waals surface area contributed by atoms with Gasteiger partial charge in [0.2, 0.25) is 0 Å². The van der Waals surface area contributed by atoms with Gasteiger partial charge in [-0.2, -0.15) is 10.2 Å². The van der Waals surface area contributed by atoms with E-state index in [-0.39, 0.29) is 26.5 Å². The van der Waals surface area contributed by atoms with Crippen molar-refractivity contribution >= 4 is 0 Å². The summed E-state index contributed by atoms with van der Waals surface area (Å²) >= 11 is 0. The average Bonchev–Trinajstić information content (AvgIpc) is 3.74. The molecule has 214 valence electrons. The summed E-state index contributed by atoms with van der Waals surface area (Å²) in [6.45, 7) is 9.25. The van der Waals surface area contributed by atoms with Crippen molar-refractivity contribution in [3.63, 3.8) is 0 Å². The number of aromatic nitrogens is 6. The monoisotopic (exact) mass is 717 g/mol. The largest absolute Gasteiger partial charge is 0.233 e. The molecule has 0 unspecified atom stereocenters. The molecule has 0 atom stereocenters. The molecule has 0 radical (unpaired) electrons. The van der Waals surface area contributed by atoms with Gasteiger partial charge in [0.15, 0.2) is 11.6 Å². The van der Waals surface area contributed by atoms with Crippen LogP contribution in [0.4, 0.5) is 0 Å². The first kappa shape index (κ1) is 28.9. The first-order valence-corrected chi connectivity index (χ1v) is 14.8. The predicted octanol–water partition coefficient (Wildman–Crippen LogP) is 7.42. The van der Waals surface area contributed by atoms with Crippen LogP contribution >= 0.6 is 0 Å². The quantitative estimate of drug-likeness (QED) is 0.191. The van der Waals surface area contributed by atoms with Gasteiger partial charge >= 0.3 is 0 Å². The standard InChI is InChI=1S/C33H42N6.Pt/c1-31(2,27-11-9-13-29(36-27)38-25(15-21-34-38)23-32(3)17-5-6-18-32)28-12-10-14-30(37-28)39-26(16-22-35-39)24-33(4)19-7-8-20-33;/h9-16,21-22H,5-8,17-20,23-24H2,1-4H3;. The molecule has 0 aromatic carbocycles. The Balaban J connectivity index is 0.00000323. The molecule has 4 aromatic heterocycles. The zero-order valence-corrected chi connectivity index (χ0v) is 26.6. The molecule has 0 spiro atoms. The second-order valence-corrected chi connectivity index (χ2v) is 13.2. The van der Waals surface area contributed by atoms with Crippen molar-refractivity contribution < 1.29 is 21.1 Å². The SMILES string of the molecule is CC1(Cc2ccnn2-c2cccc(C(C)(C)c3cccc(-n4nccc4CC4(C)CCCC4)n3)n2)CCCC1.[Pt]. The summed E-state index contributed by atoms with van der Waals surface area (Å²) < 4.78 is 4.07. The Kier molecular flexibility index (Phi) is 8.21. The topological polar surface area (TPSA) is 61.4 Å². The Bertz CT molecular complexity index is 1330. The molecule has 4 aromatic rings. The molecule has 2 fully saturated rings. The third-order valence-corrected chi connectivity index (χ3v) is 9.46. The van der Waals surface area contributed by atoms with E-state index in [0.29, 0.717) is 10.8 Å². The number of pyridine rings is 2. The number of hydrogen-bond acceptors (Lipinski definition) is 4. The van der Waals surface area contributed by atoms with Gasteiger partial charge in [-0.25, -0.2) is 19.3 Å². The van der Waals surface area contributed by atoms with Gasteiger partial charge < -0.3 is 0 Å². The third kappa shape index (κ3) is 5.75. The molecule has 2 saturated carbocycles. The Hall–Kier alpha value is -2.59. The molecule has 0 aliphatic heterocycles. The van der Waals surface area contributed by atoms with Crippen LogP contribution in [0, 0.1) is 10.8 Å². The molecule has 0 N–H and O–H groups in total. The molecule has 40 heavy (non-hydrogen) atoms. The maximum absolute atomic E-state index is 5.15. The van der Waals surface area contributed by atoms with Crippen LogP contribution in [0.15, 0.2) is 60.9 Å². The molecule has 2 aliphatic carbocycles. The minimum atomic E-state index is -0.387. The molecule has 2 aliphatic rings. The van der Waals surface area contributed by atoms with Gasteiger partial charge in [-0.15, -0.1) is 0 Å². The molecule has 0 bridgehead atoms. The van der Waals surface area contributed by atoms with Crippen LogP contribution in [0.2, 0.25) is 0 Å². The molecule has 4 heterocycles. The van der Waals surface area contributed by atoms with Crippen LogP contribution in [0.5, 0.6) is 0 Å². The fraction of sp³-hybridized carbons (Fsp3) is 0.515. The first-order chi connectivity index (χ1) is 18.7. The Morgan fingerprint density at radius 2 is 1.05 bits per heavy atom. The van der Waals surface area contributed by atoms with E-state index in [1.54, 1.807) is 0 Å². The maximum Gasteiger partial charge on any atom is 0.153 e. The maximum atomic E-state index is 5.15. The van der Waals surface area contributed by atoms with Crippen molar-refractivity contribution in [1.82, 2.24) is 29.5 Å². The van der Waals surface area contributed by atoms with Crippen LogP contribution < -0.4 is 0 Å². The molecular formula is C33H42N6Pt. The van der Waals surface area contributed by atoms with Gasteiger partial charge in [-0.3, -0.25) is 0 Å². The normalized spacial score (nSPS) is 18.1. The minimum absolute atomic E-state index is 0. The van der Waals surface area contributed by atoms with Crippen LogP contribution in [-0.2, 0) is 39.3 Å². The Morgan fingerprint density at radius 1 is 0.650 bits per heavy atom. The predicted molar refractivity (Wildman–Crippen MR) is 155 cm³/mol. The minimum Gasteiger partial charge on any atom is -0.233 e. The zero-order valence-electron chi connectivity index (χ0n) is 24.3. The molecular weight excluding hydrogens is 675 g/mol. The van der Waals surface area contributed by atoms with Crippen LogP contribution in [-0.4, -0.2) is 29.5 Å². The van der Waals surface area contributed by atoms with Crippen LogP contribution in [0.3, 0.4) is 0 Å². The van der Waals surface area contributed by atoms with Gasteiger partial charge in [-0.1, -0.05) is 51.7 Å². The summed E-state index contributed by atoms with van der Waals surface area (Å²) in [5.41, 5.74) is 4.78. The third-order valence-electron chi connectivity index (χ3n) is 9.46. The number of hydrogen-bond donors (Lipinski definition) is 0. The summed E-state index contributed by atoms with van der Waals surface area (Å²) in [6, 6.07) is 16.9. The molecule has 6 rings (SSSR count). The second kappa shape index (κ2) is 11.4. The van der Waals surface area contributed by atoms with E-state index in [4.69, 9.17) is 9.97 Å². The molecule has 6 nitrogen and oxygen atoms in total. The summed E-state index contributed by atoms with van der Waals surface area (Å²) in [4.78, 5) is 10.3. The van der Waals surface area contributed by atoms with Crippen LogP contribution in [0.1, 0.15) is 102 Å². The van der Waals surface area contributed by atoms with Crippen molar-refractivity contribution in [2.24, 2.45) is 10.8 Å². The van der Waals surface area contributed by atoms with Gasteiger partial charge in [-0.05, 0) is 99.6 Å². The number of rotatable bonds is 8.